The first-order valence-electron chi connectivity index (χ1n) is 6.41. The number of fused-ring (bicyclic) bond motifs is 1. The van der Waals surface area contributed by atoms with Crippen molar-refractivity contribution in [2.75, 3.05) is 17.3 Å². The first kappa shape index (κ1) is 13.4. The molecule has 1 aliphatic rings. The maximum Gasteiger partial charge on any atom is 0.296 e. The van der Waals surface area contributed by atoms with Crippen LogP contribution < -0.4 is 10.2 Å². The standard InChI is InChI=1S/C15H13FN2O3/c1-8-3-4-9(21-8)7-18(2)13-6-12-10(5-11(13)16)14(19)15(20)17-12/h3-6H,7H2,1-2H3,(H,17,19,20). The van der Waals surface area contributed by atoms with Gasteiger partial charge >= 0.3 is 0 Å². The Morgan fingerprint density at radius 1 is 1.29 bits per heavy atom. The van der Waals surface area contributed by atoms with Crippen molar-refractivity contribution in [1.82, 2.24) is 0 Å². The van der Waals surface area contributed by atoms with E-state index in [4.69, 9.17) is 4.42 Å². The summed E-state index contributed by atoms with van der Waals surface area (Å²) in [6.45, 7) is 2.21. The highest BCUT2D eigenvalue weighted by atomic mass is 19.1. The molecule has 108 valence electrons. The van der Waals surface area contributed by atoms with E-state index in [1.807, 2.05) is 19.1 Å². The van der Waals surface area contributed by atoms with Crippen molar-refractivity contribution in [3.8, 4) is 0 Å². The third-order valence-electron chi connectivity index (χ3n) is 3.39. The summed E-state index contributed by atoms with van der Waals surface area (Å²) in [5, 5.41) is 2.43. The topological polar surface area (TPSA) is 62.6 Å². The fraction of sp³-hybridized carbons (Fsp3) is 0.200. The molecular formula is C15H13FN2O3. The van der Waals surface area contributed by atoms with Gasteiger partial charge in [0.2, 0.25) is 0 Å². The Bertz CT molecular complexity index is 751. The molecule has 6 heteroatoms. The highest BCUT2D eigenvalue weighted by Gasteiger charge is 2.30. The number of hydrogen-bond donors (Lipinski definition) is 1. The summed E-state index contributed by atoms with van der Waals surface area (Å²) in [5.41, 5.74) is 0.699. The van der Waals surface area contributed by atoms with Crippen molar-refractivity contribution >= 4 is 23.1 Å². The molecule has 0 fully saturated rings. The number of carbonyl (C=O) groups excluding carboxylic acids is 2. The van der Waals surface area contributed by atoms with E-state index in [-0.39, 0.29) is 11.3 Å². The summed E-state index contributed by atoms with van der Waals surface area (Å²) >= 11 is 0. The molecule has 0 saturated carbocycles. The number of aryl methyl sites for hydroxylation is 1. The first-order valence-corrected chi connectivity index (χ1v) is 6.41. The largest absolute Gasteiger partial charge is 0.464 e. The van der Waals surface area contributed by atoms with E-state index in [2.05, 4.69) is 5.32 Å². The summed E-state index contributed by atoms with van der Waals surface area (Å²) in [7, 11) is 1.71. The molecule has 0 bridgehead atoms. The highest BCUT2D eigenvalue weighted by Crippen LogP contribution is 2.31. The van der Waals surface area contributed by atoms with E-state index in [1.165, 1.54) is 6.07 Å². The Hall–Kier alpha value is -2.63. The van der Waals surface area contributed by atoms with Crippen molar-refractivity contribution in [3.05, 3.63) is 47.2 Å². The molecule has 21 heavy (non-hydrogen) atoms. The van der Waals surface area contributed by atoms with Gasteiger partial charge in [0.1, 0.15) is 17.3 Å². The number of carbonyl (C=O) groups is 2. The first-order chi connectivity index (χ1) is 9.95. The maximum atomic E-state index is 14.1. The fourth-order valence-corrected chi connectivity index (χ4v) is 2.34. The summed E-state index contributed by atoms with van der Waals surface area (Å²) in [5.74, 6) is -0.504. The predicted octanol–water partition coefficient (Wildman–Crippen LogP) is 2.50. The van der Waals surface area contributed by atoms with Gasteiger partial charge in [-0.25, -0.2) is 4.39 Å². The quantitative estimate of drug-likeness (QED) is 0.881. The molecule has 1 aromatic carbocycles. The molecule has 0 radical (unpaired) electrons. The van der Waals surface area contributed by atoms with Crippen LogP contribution in [0.5, 0.6) is 0 Å². The molecule has 1 aromatic heterocycles. The number of Topliss-reactive ketones (excluding diaryl/α,β-unsaturated/α-hetero) is 1. The van der Waals surface area contributed by atoms with Crippen LogP contribution in [0.4, 0.5) is 15.8 Å². The van der Waals surface area contributed by atoms with Gasteiger partial charge in [-0.15, -0.1) is 0 Å². The second-order valence-electron chi connectivity index (χ2n) is 5.00. The van der Waals surface area contributed by atoms with Crippen LogP contribution in [-0.4, -0.2) is 18.7 Å². The summed E-state index contributed by atoms with van der Waals surface area (Å²) in [6.07, 6.45) is 0. The van der Waals surface area contributed by atoms with Gasteiger partial charge in [-0.1, -0.05) is 0 Å². The van der Waals surface area contributed by atoms with Crippen LogP contribution in [-0.2, 0) is 11.3 Å². The summed E-state index contributed by atoms with van der Waals surface area (Å²) < 4.78 is 19.6. The third-order valence-corrected chi connectivity index (χ3v) is 3.39. The van der Waals surface area contributed by atoms with Gasteiger partial charge in [0.15, 0.2) is 0 Å². The average Bonchev–Trinajstić information content (AvgIpc) is 2.95. The lowest BCUT2D eigenvalue weighted by atomic mass is 10.1. The summed E-state index contributed by atoms with van der Waals surface area (Å²) in [4.78, 5) is 24.5. The van der Waals surface area contributed by atoms with E-state index in [0.717, 1.165) is 11.8 Å². The molecule has 3 rings (SSSR count). The normalized spacial score (nSPS) is 13.3. The highest BCUT2D eigenvalue weighted by molar-refractivity contribution is 6.51. The number of furan rings is 1. The smallest absolute Gasteiger partial charge is 0.296 e. The Morgan fingerprint density at radius 2 is 2.05 bits per heavy atom. The van der Waals surface area contributed by atoms with Crippen molar-refractivity contribution in [2.45, 2.75) is 13.5 Å². The third kappa shape index (κ3) is 2.29. The lowest BCUT2D eigenvalue weighted by Gasteiger charge is -2.19. The summed E-state index contributed by atoms with van der Waals surface area (Å²) in [6, 6.07) is 6.21. The van der Waals surface area contributed by atoms with Crippen LogP contribution in [0.3, 0.4) is 0 Å². The molecule has 1 amide bonds. The van der Waals surface area contributed by atoms with Crippen molar-refractivity contribution in [2.24, 2.45) is 0 Å². The molecule has 0 spiro atoms. The maximum absolute atomic E-state index is 14.1. The second-order valence-corrected chi connectivity index (χ2v) is 5.00. The number of ketones is 1. The molecule has 0 atom stereocenters. The molecule has 0 aliphatic carbocycles. The van der Waals surface area contributed by atoms with Crippen molar-refractivity contribution < 1.29 is 18.4 Å². The van der Waals surface area contributed by atoms with Gasteiger partial charge in [-0.05, 0) is 31.2 Å². The lowest BCUT2D eigenvalue weighted by molar-refractivity contribution is -0.112. The number of amides is 1. The van der Waals surface area contributed by atoms with Gasteiger partial charge < -0.3 is 14.6 Å². The monoisotopic (exact) mass is 288 g/mol. The van der Waals surface area contributed by atoms with Crippen LogP contribution in [0.25, 0.3) is 0 Å². The van der Waals surface area contributed by atoms with Gasteiger partial charge in [-0.2, -0.15) is 0 Å². The molecule has 1 N–H and O–H groups in total. The zero-order chi connectivity index (χ0) is 15.1. The molecule has 0 saturated heterocycles. The SMILES string of the molecule is Cc1ccc(CN(C)c2cc3c(cc2F)C(=O)C(=O)N3)o1. The molecule has 0 unspecified atom stereocenters. The van der Waals surface area contributed by atoms with Crippen molar-refractivity contribution in [3.63, 3.8) is 0 Å². The van der Waals surface area contributed by atoms with E-state index < -0.39 is 17.5 Å². The van der Waals surface area contributed by atoms with Crippen LogP contribution in [0, 0.1) is 12.7 Å². The number of nitrogens with zero attached hydrogens (tertiary/aromatic N) is 1. The lowest BCUT2D eigenvalue weighted by Crippen LogP contribution is -2.17. The molecular weight excluding hydrogens is 275 g/mol. The van der Waals surface area contributed by atoms with Gasteiger partial charge in [0.25, 0.3) is 11.7 Å². The number of nitrogens with one attached hydrogen (secondary N) is 1. The van der Waals surface area contributed by atoms with Crippen LogP contribution >= 0.6 is 0 Å². The Balaban J connectivity index is 1.91. The molecule has 1 aliphatic heterocycles. The molecule has 5 nitrogen and oxygen atoms in total. The van der Waals surface area contributed by atoms with Crippen molar-refractivity contribution in [1.29, 1.82) is 0 Å². The van der Waals surface area contributed by atoms with E-state index in [0.29, 0.717) is 18.0 Å². The van der Waals surface area contributed by atoms with E-state index >= 15 is 0 Å². The number of hydrogen-bond acceptors (Lipinski definition) is 4. The molecule has 2 aromatic rings. The minimum Gasteiger partial charge on any atom is -0.464 e. The Labute approximate surface area is 120 Å². The van der Waals surface area contributed by atoms with Gasteiger partial charge in [0, 0.05) is 7.05 Å². The second kappa shape index (κ2) is 4.73. The average molecular weight is 288 g/mol. The number of anilines is 2. The zero-order valence-electron chi connectivity index (χ0n) is 11.6. The minimum atomic E-state index is -0.731. The zero-order valence-corrected chi connectivity index (χ0v) is 11.6. The predicted molar refractivity (Wildman–Crippen MR) is 74.9 cm³/mol. The van der Waals surface area contributed by atoms with Gasteiger partial charge in [0.05, 0.1) is 23.5 Å². The number of halogens is 1. The van der Waals surface area contributed by atoms with Crippen LogP contribution in [0.1, 0.15) is 21.9 Å². The minimum absolute atomic E-state index is 0.0727. The Kier molecular flexibility index (Phi) is 3.01. The fourth-order valence-electron chi connectivity index (χ4n) is 2.34. The number of rotatable bonds is 3. The van der Waals surface area contributed by atoms with Crippen LogP contribution in [0.2, 0.25) is 0 Å². The Morgan fingerprint density at radius 3 is 2.71 bits per heavy atom. The van der Waals surface area contributed by atoms with Crippen LogP contribution in [0.15, 0.2) is 28.7 Å². The molecule has 2 heterocycles. The van der Waals surface area contributed by atoms with E-state index in [1.54, 1.807) is 11.9 Å². The number of benzene rings is 1. The van der Waals surface area contributed by atoms with E-state index in [9.17, 15) is 14.0 Å². The van der Waals surface area contributed by atoms with Gasteiger partial charge in [-0.3, -0.25) is 9.59 Å².